The third kappa shape index (κ3) is 15.3. The van der Waals surface area contributed by atoms with Gasteiger partial charge in [0.05, 0.1) is 46.4 Å². The number of amides is 11. The van der Waals surface area contributed by atoms with Crippen molar-refractivity contribution in [2.45, 2.75) is 50.2 Å². The van der Waals surface area contributed by atoms with E-state index >= 15 is 0 Å². The zero-order valence-corrected chi connectivity index (χ0v) is 48.2. The number of nitrogens with zero attached hydrogens (tertiary/aromatic N) is 8. The molecule has 2 aliphatic rings. The van der Waals surface area contributed by atoms with E-state index in [-0.39, 0.29) is 109 Å². The van der Waals surface area contributed by atoms with Gasteiger partial charge in [0.25, 0.3) is 35.4 Å². The fourth-order valence-corrected chi connectivity index (χ4v) is 9.99. The van der Waals surface area contributed by atoms with Crippen molar-refractivity contribution in [2.75, 3.05) is 65.9 Å². The van der Waals surface area contributed by atoms with Gasteiger partial charge < -0.3 is 96.9 Å². The first kappa shape index (κ1) is 61.8. The largest absolute Gasteiger partial charge is 0.364 e. The number of nitrogens with two attached hydrogens (primary N) is 2. The first-order chi connectivity index (χ1) is 40.9. The summed E-state index contributed by atoms with van der Waals surface area (Å²) in [5.41, 5.74) is 14.6. The van der Waals surface area contributed by atoms with E-state index in [1.54, 1.807) is 98.1 Å². The van der Waals surface area contributed by atoms with Crippen molar-refractivity contribution in [1.82, 2.24) is 63.9 Å². The van der Waals surface area contributed by atoms with E-state index in [0.29, 0.717) is 54.4 Å². The van der Waals surface area contributed by atoms with Crippen molar-refractivity contribution >= 4 is 93.4 Å². The topological polar surface area (TPSA) is 406 Å². The molecule has 6 aromatic rings. The predicted octanol–water partition coefficient (Wildman–Crippen LogP) is -0.986. The number of likely N-dealkylation sites (tertiary alicyclic amines) is 1. The van der Waals surface area contributed by atoms with Crippen LogP contribution in [0.2, 0.25) is 0 Å². The van der Waals surface area contributed by atoms with Gasteiger partial charge in [0.2, 0.25) is 29.5 Å². The molecule has 0 radical (unpaired) electrons. The van der Waals surface area contributed by atoms with Crippen LogP contribution in [0.25, 0.3) is 0 Å². The molecule has 86 heavy (non-hydrogen) atoms. The van der Waals surface area contributed by atoms with Crippen molar-refractivity contribution in [2.24, 2.45) is 59.7 Å². The highest BCUT2D eigenvalue weighted by Gasteiger charge is 2.34. The summed E-state index contributed by atoms with van der Waals surface area (Å²) in [5.74, 6) is -5.17. The molecular formula is C55H70N20O11. The highest BCUT2D eigenvalue weighted by atomic mass is 16.2. The Balaban J connectivity index is 0.702. The molecular weight excluding hydrogens is 1120 g/mol. The van der Waals surface area contributed by atoms with Crippen LogP contribution in [-0.2, 0) is 66.3 Å². The second-order valence-electron chi connectivity index (χ2n) is 21.2. The minimum Gasteiger partial charge on any atom is -0.364 e. The number of imidazole rings is 1. The molecule has 0 saturated carbocycles. The number of nitrogens with one attached hydrogen (secondary N) is 10. The van der Waals surface area contributed by atoms with Crippen LogP contribution >= 0.6 is 0 Å². The molecule has 14 N–H and O–H groups in total. The normalized spacial score (nSPS) is 15.8. The maximum Gasteiger partial charge on any atom is 0.291 e. The van der Waals surface area contributed by atoms with Crippen LogP contribution in [0, 0.1) is 5.92 Å². The summed E-state index contributed by atoms with van der Waals surface area (Å²) < 4.78 is 9.22. The lowest BCUT2D eigenvalue weighted by Crippen LogP contribution is -2.39. The van der Waals surface area contributed by atoms with E-state index < -0.39 is 59.4 Å². The van der Waals surface area contributed by atoms with Crippen LogP contribution in [0.1, 0.15) is 95.2 Å². The van der Waals surface area contributed by atoms with Gasteiger partial charge in [0.1, 0.15) is 28.5 Å². The van der Waals surface area contributed by atoms with Crippen LogP contribution in [-0.4, -0.2) is 160 Å². The highest BCUT2D eigenvalue weighted by Crippen LogP contribution is 2.24. The zero-order valence-electron chi connectivity index (χ0n) is 48.2. The molecule has 0 aromatic carbocycles. The van der Waals surface area contributed by atoms with Crippen LogP contribution in [0.15, 0.2) is 73.7 Å². The predicted molar refractivity (Wildman–Crippen MR) is 312 cm³/mol. The number of carbonyl (C=O) groups excluding carboxylic acids is 11. The number of aromatic nitrogens is 7. The monoisotopic (exact) mass is 1190 g/mol. The summed E-state index contributed by atoms with van der Waals surface area (Å²) >= 11 is 0. The van der Waals surface area contributed by atoms with Gasteiger partial charge in [0, 0.05) is 144 Å². The number of aryl methyl sites for hydroxylation is 6. The molecule has 2 aliphatic heterocycles. The van der Waals surface area contributed by atoms with Crippen molar-refractivity contribution in [3.63, 3.8) is 0 Å². The molecule has 2 fully saturated rings. The van der Waals surface area contributed by atoms with Crippen LogP contribution < -0.4 is 64.6 Å². The Morgan fingerprint density at radius 3 is 1.63 bits per heavy atom. The van der Waals surface area contributed by atoms with Gasteiger partial charge in [0.15, 0.2) is 5.82 Å². The van der Waals surface area contributed by atoms with Crippen molar-refractivity contribution < 1.29 is 52.7 Å². The molecule has 31 nitrogen and oxygen atoms in total. The molecule has 11 amide bonds. The molecule has 31 heteroatoms. The molecule has 0 unspecified atom stereocenters. The molecule has 0 aliphatic carbocycles. The number of carbonyl (C=O) groups is 11. The SMILES string of the molecule is Cn1cc(NC(=O)CCNC(=O)c2cc(NC(=O)[C@@H]3CCN(C(=O)c4cc(NC(=O)[C@H](N)CCNC(=O)c5cc(NC(=O)[C@H]6C[C@@H](NC(=O)CCNC(=O)c7cc(NC(=O)c8nccn8C)cn7C)CN6)cn5C)cn4C)C3)cn2C)cc1C(N)=O. The Labute approximate surface area is 492 Å². The lowest BCUT2D eigenvalue weighted by Gasteiger charge is -2.16. The molecule has 6 aromatic heterocycles. The Morgan fingerprint density at radius 2 is 1.07 bits per heavy atom. The lowest BCUT2D eigenvalue weighted by molar-refractivity contribution is -0.122. The van der Waals surface area contributed by atoms with Gasteiger partial charge in [-0.05, 0) is 49.6 Å². The smallest absolute Gasteiger partial charge is 0.291 e. The standard InChI is InChI=1S/C55H70N20O11/c1-69-16-14-58-47(69)54(85)68-35-21-42(73(5)28-35)53(84)60-12-8-44(76)63-31-17-38(62-23-31)50(81)67-34-20-41(72(4)27-34)51(82)59-11-7-37(56)49(80)66-36-22-43(74(6)29-36)55(86)75-15-10-30(24-75)48(79)65-33-19-40(71(3)26-33)52(83)61-13-9-45(77)64-32-18-39(46(57)78)70(2)25-32/h14,16,18-22,25-31,37-38,62H,7-13,15,17,23-24,56H2,1-6H3,(H2,57,78)(H,59,82)(H,60,84)(H,61,83)(H,63,76)(H,64,77)(H,65,79)(H,66,80)(H,67,81)(H,68,85)/t30-,31-,37-,38-/m1/s1. The van der Waals surface area contributed by atoms with Gasteiger partial charge in [-0.25, -0.2) is 4.98 Å². The summed E-state index contributed by atoms with van der Waals surface area (Å²) in [7, 11) is 9.86. The fraction of sp³-hybridized carbons (Fsp3) is 0.382. The molecule has 0 bridgehead atoms. The van der Waals surface area contributed by atoms with E-state index in [1.165, 1.54) is 50.2 Å². The summed E-state index contributed by atoms with van der Waals surface area (Å²) in [6.45, 7) is 0.814. The third-order valence-corrected chi connectivity index (χ3v) is 14.6. The minimum absolute atomic E-state index is 0.0120. The maximum atomic E-state index is 13.7. The molecule has 4 atom stereocenters. The number of hydrogen-bond acceptors (Lipinski definition) is 14. The molecule has 0 spiro atoms. The lowest BCUT2D eigenvalue weighted by atomic mass is 10.1. The highest BCUT2D eigenvalue weighted by molar-refractivity contribution is 6.04. The van der Waals surface area contributed by atoms with Crippen LogP contribution in [0.4, 0.5) is 28.4 Å². The number of rotatable bonds is 24. The van der Waals surface area contributed by atoms with Gasteiger partial charge in [-0.3, -0.25) is 52.7 Å². The van der Waals surface area contributed by atoms with E-state index in [2.05, 4.69) is 58.2 Å². The summed E-state index contributed by atoms with van der Waals surface area (Å²) in [6.07, 6.45) is 11.6. The fourth-order valence-electron chi connectivity index (χ4n) is 9.99. The quantitative estimate of drug-likeness (QED) is 0.0347. The average Bonchev–Trinajstić information content (AvgIpc) is 3.57. The van der Waals surface area contributed by atoms with E-state index in [0.717, 1.165) is 0 Å². The van der Waals surface area contributed by atoms with Crippen LogP contribution in [0.5, 0.6) is 0 Å². The molecule has 456 valence electrons. The van der Waals surface area contributed by atoms with Crippen molar-refractivity contribution in [3.05, 3.63) is 108 Å². The Hall–Kier alpha value is -10.3. The summed E-state index contributed by atoms with van der Waals surface area (Å²) in [6, 6.07) is 5.42. The van der Waals surface area contributed by atoms with E-state index in [4.69, 9.17) is 11.5 Å². The van der Waals surface area contributed by atoms with E-state index in [9.17, 15) is 52.7 Å². The number of primary amides is 1. The third-order valence-electron chi connectivity index (χ3n) is 14.6. The Morgan fingerprint density at radius 1 is 0.581 bits per heavy atom. The maximum absolute atomic E-state index is 13.7. The minimum atomic E-state index is -1.05. The van der Waals surface area contributed by atoms with Gasteiger partial charge in [-0.1, -0.05) is 0 Å². The number of anilines is 5. The molecule has 8 heterocycles. The van der Waals surface area contributed by atoms with Crippen molar-refractivity contribution in [1.29, 1.82) is 0 Å². The van der Waals surface area contributed by atoms with Gasteiger partial charge in [-0.15, -0.1) is 0 Å². The second kappa shape index (κ2) is 27.0. The number of hydrogen-bond donors (Lipinski definition) is 12. The van der Waals surface area contributed by atoms with Gasteiger partial charge in [-0.2, -0.15) is 0 Å². The second-order valence-corrected chi connectivity index (χ2v) is 21.2. The molecule has 2 saturated heterocycles. The Bertz CT molecular complexity index is 3610. The first-order valence-electron chi connectivity index (χ1n) is 27.5. The molecule has 8 rings (SSSR count). The first-order valence-corrected chi connectivity index (χ1v) is 27.5. The summed E-state index contributed by atoms with van der Waals surface area (Å²) in [4.78, 5) is 147. The van der Waals surface area contributed by atoms with E-state index in [1.807, 2.05) is 0 Å². The zero-order chi connectivity index (χ0) is 62.1. The summed E-state index contributed by atoms with van der Waals surface area (Å²) in [5, 5.41) is 27.8. The van der Waals surface area contributed by atoms with Crippen molar-refractivity contribution in [3.8, 4) is 0 Å². The Kier molecular flexibility index (Phi) is 19.4. The van der Waals surface area contributed by atoms with Gasteiger partial charge >= 0.3 is 0 Å². The average molecular weight is 1190 g/mol. The van der Waals surface area contributed by atoms with Crippen LogP contribution in [0.3, 0.4) is 0 Å².